The molecular weight excluding hydrogens is 418 g/mol. The van der Waals surface area contributed by atoms with Gasteiger partial charge in [-0.2, -0.15) is 0 Å². The number of piperidine rings is 1. The Hall–Kier alpha value is -3.76. The normalized spacial score (nSPS) is 15.4. The number of hydrogen-bond donors (Lipinski definition) is 2. The summed E-state index contributed by atoms with van der Waals surface area (Å²) in [6, 6.07) is 12.6. The summed E-state index contributed by atoms with van der Waals surface area (Å²) in [5.74, 6) is 4.46. The van der Waals surface area contributed by atoms with Crippen LogP contribution in [-0.2, 0) is 33.9 Å². The van der Waals surface area contributed by atoms with E-state index >= 15 is 0 Å². The first-order valence-corrected chi connectivity index (χ1v) is 10.9. The molecule has 0 aromatic heterocycles. The summed E-state index contributed by atoms with van der Waals surface area (Å²) >= 11 is 0. The van der Waals surface area contributed by atoms with E-state index < -0.39 is 11.9 Å². The fraction of sp³-hybridized carbons (Fsp3) is 0.308. The molecule has 2 aromatic carbocycles. The molecule has 33 heavy (non-hydrogen) atoms. The van der Waals surface area contributed by atoms with Crippen LogP contribution in [0.1, 0.15) is 52.4 Å². The quantitative estimate of drug-likeness (QED) is 0.386. The van der Waals surface area contributed by atoms with Gasteiger partial charge in [0.15, 0.2) is 0 Å². The zero-order valence-electron chi connectivity index (χ0n) is 18.8. The van der Waals surface area contributed by atoms with E-state index in [0.29, 0.717) is 18.5 Å². The zero-order valence-corrected chi connectivity index (χ0v) is 18.8. The number of benzene rings is 2. The van der Waals surface area contributed by atoms with Gasteiger partial charge in [0.25, 0.3) is 5.91 Å². The predicted molar refractivity (Wildman–Crippen MR) is 124 cm³/mol. The number of rotatable bonds is 7. The molecule has 170 valence electrons. The van der Waals surface area contributed by atoms with Crippen molar-refractivity contribution in [1.82, 2.24) is 15.5 Å². The summed E-state index contributed by atoms with van der Waals surface area (Å²) in [7, 11) is 1.78. The van der Waals surface area contributed by atoms with Gasteiger partial charge in [0.1, 0.15) is 6.29 Å². The van der Waals surface area contributed by atoms with E-state index in [4.69, 9.17) is 0 Å². The Balaban J connectivity index is 1.62. The summed E-state index contributed by atoms with van der Waals surface area (Å²) in [6.07, 6.45) is 2.44. The second-order valence-corrected chi connectivity index (χ2v) is 8.02. The first-order valence-electron chi connectivity index (χ1n) is 10.9. The van der Waals surface area contributed by atoms with E-state index in [9.17, 15) is 19.2 Å². The van der Waals surface area contributed by atoms with Crippen molar-refractivity contribution < 1.29 is 19.2 Å². The van der Waals surface area contributed by atoms with Crippen molar-refractivity contribution in [2.24, 2.45) is 0 Å². The maximum atomic E-state index is 12.1. The zero-order chi connectivity index (χ0) is 23.8. The molecular formula is C26H27N3O4. The van der Waals surface area contributed by atoms with Crippen molar-refractivity contribution in [2.45, 2.75) is 45.3 Å². The van der Waals surface area contributed by atoms with Gasteiger partial charge in [0.2, 0.25) is 11.8 Å². The van der Waals surface area contributed by atoms with Crippen molar-refractivity contribution in [2.75, 3.05) is 7.05 Å². The van der Waals surface area contributed by atoms with Crippen LogP contribution >= 0.6 is 0 Å². The van der Waals surface area contributed by atoms with E-state index in [1.165, 1.54) is 5.56 Å². The molecule has 0 aliphatic carbocycles. The monoisotopic (exact) mass is 445 g/mol. The number of imide groups is 1. The maximum Gasteiger partial charge on any atom is 0.296 e. The van der Waals surface area contributed by atoms with Crippen molar-refractivity contribution in [3.05, 3.63) is 70.3 Å². The number of aryl methyl sites for hydroxylation is 1. The number of likely N-dealkylation sites (N-methyl/N-ethyl adjacent to an activating group) is 1. The summed E-state index contributed by atoms with van der Waals surface area (Å²) in [5, 5.41) is 5.12. The van der Waals surface area contributed by atoms with E-state index in [1.54, 1.807) is 19.2 Å². The molecule has 0 bridgehead atoms. The first-order chi connectivity index (χ1) is 15.9. The van der Waals surface area contributed by atoms with Gasteiger partial charge in [-0.05, 0) is 48.7 Å². The molecule has 1 aliphatic rings. The highest BCUT2D eigenvalue weighted by atomic mass is 16.2. The van der Waals surface area contributed by atoms with E-state index in [0.717, 1.165) is 29.4 Å². The molecule has 1 unspecified atom stereocenters. The highest BCUT2D eigenvalue weighted by Crippen LogP contribution is 2.17. The third kappa shape index (κ3) is 6.61. The van der Waals surface area contributed by atoms with Crippen molar-refractivity contribution in [1.29, 1.82) is 0 Å². The fourth-order valence-electron chi connectivity index (χ4n) is 3.68. The van der Waals surface area contributed by atoms with Crippen LogP contribution in [-0.4, -0.2) is 42.0 Å². The van der Waals surface area contributed by atoms with Gasteiger partial charge in [0.05, 0.1) is 6.04 Å². The third-order valence-electron chi connectivity index (χ3n) is 5.63. The van der Waals surface area contributed by atoms with E-state index in [2.05, 4.69) is 29.4 Å². The van der Waals surface area contributed by atoms with Crippen LogP contribution in [0.4, 0.5) is 0 Å². The third-order valence-corrected chi connectivity index (χ3v) is 5.63. The second-order valence-electron chi connectivity index (χ2n) is 8.02. The van der Waals surface area contributed by atoms with Crippen molar-refractivity contribution in [3.8, 4) is 11.8 Å². The van der Waals surface area contributed by atoms with Gasteiger partial charge in [-0.1, -0.05) is 43.2 Å². The van der Waals surface area contributed by atoms with Crippen molar-refractivity contribution in [3.63, 3.8) is 0 Å². The lowest BCUT2D eigenvalue weighted by molar-refractivity contribution is -0.137. The number of nitrogens with zero attached hydrogens (tertiary/aromatic N) is 1. The molecule has 7 nitrogen and oxygen atoms in total. The first kappa shape index (κ1) is 23.9. The molecule has 0 radical (unpaired) electrons. The molecule has 7 heteroatoms. The van der Waals surface area contributed by atoms with Gasteiger partial charge < -0.3 is 5.32 Å². The van der Waals surface area contributed by atoms with Crippen LogP contribution in [0.3, 0.4) is 0 Å². The van der Waals surface area contributed by atoms with Gasteiger partial charge in [0, 0.05) is 36.6 Å². The molecule has 1 atom stereocenters. The van der Waals surface area contributed by atoms with Crippen LogP contribution in [0.5, 0.6) is 0 Å². The minimum Gasteiger partial charge on any atom is -0.341 e. The lowest BCUT2D eigenvalue weighted by Gasteiger charge is -2.30. The Bertz CT molecular complexity index is 1110. The predicted octanol–water partition coefficient (Wildman–Crippen LogP) is 1.97. The summed E-state index contributed by atoms with van der Waals surface area (Å²) in [4.78, 5) is 49.0. The van der Waals surface area contributed by atoms with Gasteiger partial charge >= 0.3 is 0 Å². The average molecular weight is 446 g/mol. The molecule has 1 saturated heterocycles. The van der Waals surface area contributed by atoms with Crippen LogP contribution in [0.15, 0.2) is 42.5 Å². The molecule has 0 spiro atoms. The molecule has 2 N–H and O–H groups in total. The lowest BCUT2D eigenvalue weighted by atomic mass is 10.0. The SMILES string of the molecule is CCc1ccc(C#CC(=O)NCc2ccc(C=O)c(CN(C)C3CCC(=O)NC3=O)c2)cc1. The van der Waals surface area contributed by atoms with Crippen LogP contribution in [0.25, 0.3) is 0 Å². The average Bonchev–Trinajstić information content (AvgIpc) is 2.81. The highest BCUT2D eigenvalue weighted by molar-refractivity contribution is 6.00. The Morgan fingerprint density at radius 3 is 2.58 bits per heavy atom. The van der Waals surface area contributed by atoms with Crippen LogP contribution in [0.2, 0.25) is 0 Å². The fourth-order valence-corrected chi connectivity index (χ4v) is 3.68. The molecule has 1 aliphatic heterocycles. The Morgan fingerprint density at radius 2 is 1.91 bits per heavy atom. The minimum absolute atomic E-state index is 0.260. The van der Waals surface area contributed by atoms with Crippen LogP contribution in [0, 0.1) is 11.8 Å². The molecule has 3 rings (SSSR count). The van der Waals surface area contributed by atoms with Gasteiger partial charge in [-0.25, -0.2) is 0 Å². The smallest absolute Gasteiger partial charge is 0.296 e. The molecule has 1 fully saturated rings. The van der Waals surface area contributed by atoms with Gasteiger partial charge in [-0.3, -0.25) is 29.4 Å². The van der Waals surface area contributed by atoms with Gasteiger partial charge in [-0.15, -0.1) is 0 Å². The topological polar surface area (TPSA) is 95.6 Å². The Morgan fingerprint density at radius 1 is 1.18 bits per heavy atom. The van der Waals surface area contributed by atoms with Crippen LogP contribution < -0.4 is 10.6 Å². The highest BCUT2D eigenvalue weighted by Gasteiger charge is 2.29. The summed E-state index contributed by atoms with van der Waals surface area (Å²) < 4.78 is 0. The summed E-state index contributed by atoms with van der Waals surface area (Å²) in [6.45, 7) is 2.69. The maximum absolute atomic E-state index is 12.1. The number of carbonyl (C=O) groups excluding carboxylic acids is 4. The van der Waals surface area contributed by atoms with E-state index in [-0.39, 0.29) is 24.8 Å². The standard InChI is InChI=1S/C26H27N3O4/c1-3-18-4-6-19(7-5-18)9-12-24(31)27-15-20-8-10-21(17-30)22(14-20)16-29(2)23-11-13-25(32)28-26(23)33/h4-8,10,14,17,23H,3,11,13,15-16H2,1-2H3,(H,27,31)(H,28,32,33). The Kier molecular flexibility index (Phi) is 8.11. The summed E-state index contributed by atoms with van der Waals surface area (Å²) in [5.41, 5.74) is 4.06. The number of carbonyl (C=O) groups is 4. The molecule has 3 amide bonds. The number of hydrogen-bond acceptors (Lipinski definition) is 5. The van der Waals surface area contributed by atoms with Crippen molar-refractivity contribution >= 4 is 24.0 Å². The molecule has 2 aromatic rings. The molecule has 1 heterocycles. The van der Waals surface area contributed by atoms with E-state index in [1.807, 2.05) is 35.2 Å². The minimum atomic E-state index is -0.438. The second kappa shape index (κ2) is 11.2. The number of nitrogens with one attached hydrogen (secondary N) is 2. The Labute approximate surface area is 193 Å². The number of aldehydes is 1. The lowest BCUT2D eigenvalue weighted by Crippen LogP contribution is -2.51. The largest absolute Gasteiger partial charge is 0.341 e. The number of amides is 3. The molecule has 0 saturated carbocycles.